The van der Waals surface area contributed by atoms with E-state index in [1.165, 1.54) is 38.5 Å². The van der Waals surface area contributed by atoms with Gasteiger partial charge in [0.2, 0.25) is 0 Å². The van der Waals surface area contributed by atoms with Crippen LogP contribution in [0.5, 0.6) is 5.75 Å². The van der Waals surface area contributed by atoms with Crippen LogP contribution in [0.25, 0.3) is 11.1 Å². The summed E-state index contributed by atoms with van der Waals surface area (Å²) in [5, 5.41) is 9.22. The van der Waals surface area contributed by atoms with Crippen molar-refractivity contribution in [2.75, 3.05) is 6.61 Å². The fourth-order valence-corrected chi connectivity index (χ4v) is 3.12. The Morgan fingerprint density at radius 3 is 2.31 bits per heavy atom. The monoisotopic (exact) mass is 354 g/mol. The van der Waals surface area contributed by atoms with E-state index in [0.717, 1.165) is 28.9 Å². The van der Waals surface area contributed by atoms with Crippen LogP contribution in [-0.2, 0) is 11.2 Å². The summed E-state index contributed by atoms with van der Waals surface area (Å²) in [4.78, 5) is 11.2. The molecule has 0 spiro atoms. The number of hydrogen-bond acceptors (Lipinski definition) is 2. The van der Waals surface area contributed by atoms with Crippen molar-refractivity contribution in [1.29, 1.82) is 0 Å². The van der Waals surface area contributed by atoms with Crippen molar-refractivity contribution in [3.63, 3.8) is 0 Å². The van der Waals surface area contributed by atoms with E-state index in [9.17, 15) is 9.90 Å². The number of carbonyl (C=O) groups is 1. The van der Waals surface area contributed by atoms with Gasteiger partial charge in [-0.25, -0.2) is 0 Å². The van der Waals surface area contributed by atoms with Crippen molar-refractivity contribution >= 4 is 5.97 Å². The summed E-state index contributed by atoms with van der Waals surface area (Å²) in [5.74, 6) is -0.0710. The van der Waals surface area contributed by atoms with Crippen molar-refractivity contribution in [3.8, 4) is 16.9 Å². The molecule has 0 aliphatic heterocycles. The Hall–Kier alpha value is -2.29. The van der Waals surface area contributed by atoms with Gasteiger partial charge >= 0.3 is 5.97 Å². The van der Waals surface area contributed by atoms with E-state index < -0.39 is 5.97 Å². The number of ether oxygens (including phenoxy) is 1. The van der Waals surface area contributed by atoms with Crippen LogP contribution >= 0.6 is 0 Å². The second kappa shape index (κ2) is 11.3. The van der Waals surface area contributed by atoms with Crippen molar-refractivity contribution < 1.29 is 14.6 Å². The van der Waals surface area contributed by atoms with Gasteiger partial charge in [0.25, 0.3) is 0 Å². The minimum absolute atomic E-state index is 0.00113. The molecule has 0 saturated heterocycles. The smallest absolute Gasteiger partial charge is 0.307 e. The van der Waals surface area contributed by atoms with Crippen LogP contribution in [0.4, 0.5) is 0 Å². The van der Waals surface area contributed by atoms with Gasteiger partial charge in [-0.15, -0.1) is 0 Å². The number of carboxylic acids is 1. The lowest BCUT2D eigenvalue weighted by Gasteiger charge is -2.12. The maximum atomic E-state index is 11.2. The summed E-state index contributed by atoms with van der Waals surface area (Å²) < 4.78 is 5.85. The molecule has 2 aromatic carbocycles. The number of unbranched alkanes of at least 4 members (excludes halogenated alkanes) is 6. The average molecular weight is 354 g/mol. The molecule has 0 aromatic heterocycles. The van der Waals surface area contributed by atoms with Crippen LogP contribution in [0.1, 0.15) is 57.4 Å². The highest BCUT2D eigenvalue weighted by atomic mass is 16.5. The first-order valence-electron chi connectivity index (χ1n) is 9.73. The van der Waals surface area contributed by atoms with Gasteiger partial charge in [-0.05, 0) is 35.2 Å². The highest BCUT2D eigenvalue weighted by molar-refractivity contribution is 5.77. The molecule has 0 radical (unpaired) electrons. The van der Waals surface area contributed by atoms with Gasteiger partial charge in [-0.1, -0.05) is 81.8 Å². The second-order valence-electron chi connectivity index (χ2n) is 6.73. The number of aliphatic carboxylic acids is 1. The quantitative estimate of drug-likeness (QED) is 0.468. The van der Waals surface area contributed by atoms with Gasteiger partial charge in [0.1, 0.15) is 5.75 Å². The van der Waals surface area contributed by atoms with E-state index in [1.54, 1.807) is 0 Å². The minimum Gasteiger partial charge on any atom is -0.494 e. The number of benzene rings is 2. The van der Waals surface area contributed by atoms with Gasteiger partial charge in [-0.2, -0.15) is 0 Å². The molecule has 0 saturated carbocycles. The molecule has 0 atom stereocenters. The van der Waals surface area contributed by atoms with Crippen LogP contribution < -0.4 is 4.74 Å². The van der Waals surface area contributed by atoms with Crippen molar-refractivity contribution in [2.45, 2.75) is 58.3 Å². The summed E-state index contributed by atoms with van der Waals surface area (Å²) in [6, 6.07) is 15.7. The molecule has 0 heterocycles. The van der Waals surface area contributed by atoms with E-state index in [0.29, 0.717) is 6.61 Å². The minimum atomic E-state index is -0.827. The molecule has 0 aliphatic rings. The highest BCUT2D eigenvalue weighted by Crippen LogP contribution is 2.28. The lowest BCUT2D eigenvalue weighted by molar-refractivity contribution is -0.136. The Labute approximate surface area is 157 Å². The zero-order valence-electron chi connectivity index (χ0n) is 15.7. The van der Waals surface area contributed by atoms with Crippen molar-refractivity contribution in [2.24, 2.45) is 0 Å². The summed E-state index contributed by atoms with van der Waals surface area (Å²) >= 11 is 0. The molecular formula is C23H30O3. The third kappa shape index (κ3) is 6.91. The Balaban J connectivity index is 1.90. The standard InChI is InChI=1S/C23H30O3/c1-2-3-4-5-6-7-11-16-26-21-14-15-22(19-12-9-8-10-13-19)20(17-21)18-23(24)25/h8-10,12-15,17H,2-7,11,16,18H2,1H3,(H,24,25). The summed E-state index contributed by atoms with van der Waals surface area (Å²) in [5.41, 5.74) is 2.78. The normalized spacial score (nSPS) is 10.7. The fraction of sp³-hybridized carbons (Fsp3) is 0.435. The van der Waals surface area contributed by atoms with Crippen LogP contribution in [0.3, 0.4) is 0 Å². The molecule has 1 N–H and O–H groups in total. The molecular weight excluding hydrogens is 324 g/mol. The summed E-state index contributed by atoms with van der Waals surface area (Å²) in [7, 11) is 0. The Morgan fingerprint density at radius 1 is 0.923 bits per heavy atom. The van der Waals surface area contributed by atoms with Crippen LogP contribution in [0.2, 0.25) is 0 Å². The first kappa shape index (κ1) is 20.0. The zero-order chi connectivity index (χ0) is 18.6. The SMILES string of the molecule is CCCCCCCCCOc1ccc(-c2ccccc2)c(CC(=O)O)c1. The van der Waals surface area contributed by atoms with E-state index in [4.69, 9.17) is 4.74 Å². The molecule has 0 unspecified atom stereocenters. The van der Waals surface area contributed by atoms with Gasteiger partial charge in [0.05, 0.1) is 13.0 Å². The summed E-state index contributed by atoms with van der Waals surface area (Å²) in [6.45, 7) is 2.92. The highest BCUT2D eigenvalue weighted by Gasteiger charge is 2.10. The van der Waals surface area contributed by atoms with Crippen LogP contribution in [-0.4, -0.2) is 17.7 Å². The van der Waals surface area contributed by atoms with Crippen molar-refractivity contribution in [1.82, 2.24) is 0 Å². The first-order valence-corrected chi connectivity index (χ1v) is 9.73. The van der Waals surface area contributed by atoms with E-state index in [2.05, 4.69) is 6.92 Å². The lowest BCUT2D eigenvalue weighted by atomic mass is 9.97. The Kier molecular flexibility index (Phi) is 8.74. The zero-order valence-corrected chi connectivity index (χ0v) is 15.7. The maximum absolute atomic E-state index is 11.2. The predicted molar refractivity (Wildman–Crippen MR) is 107 cm³/mol. The molecule has 2 aromatic rings. The lowest BCUT2D eigenvalue weighted by Crippen LogP contribution is -2.03. The molecule has 3 heteroatoms. The third-order valence-corrected chi connectivity index (χ3v) is 4.52. The van der Waals surface area contributed by atoms with E-state index in [1.807, 2.05) is 48.5 Å². The van der Waals surface area contributed by atoms with Crippen molar-refractivity contribution in [3.05, 3.63) is 54.1 Å². The summed E-state index contributed by atoms with van der Waals surface area (Å²) in [6.07, 6.45) is 8.74. The second-order valence-corrected chi connectivity index (χ2v) is 6.73. The van der Waals surface area contributed by atoms with Gasteiger partial charge in [-0.3, -0.25) is 4.79 Å². The Bertz CT molecular complexity index is 664. The first-order chi connectivity index (χ1) is 12.7. The molecule has 0 amide bonds. The number of hydrogen-bond donors (Lipinski definition) is 1. The number of carboxylic acid groups (broad SMARTS) is 1. The van der Waals surface area contributed by atoms with E-state index in [-0.39, 0.29) is 6.42 Å². The van der Waals surface area contributed by atoms with Gasteiger partial charge in [0.15, 0.2) is 0 Å². The van der Waals surface area contributed by atoms with Gasteiger partial charge < -0.3 is 9.84 Å². The molecule has 26 heavy (non-hydrogen) atoms. The largest absolute Gasteiger partial charge is 0.494 e. The van der Waals surface area contributed by atoms with Crippen LogP contribution in [0, 0.1) is 0 Å². The topological polar surface area (TPSA) is 46.5 Å². The predicted octanol–water partition coefficient (Wildman–Crippen LogP) is 6.11. The van der Waals surface area contributed by atoms with E-state index >= 15 is 0 Å². The maximum Gasteiger partial charge on any atom is 0.307 e. The molecule has 2 rings (SSSR count). The van der Waals surface area contributed by atoms with Crippen LogP contribution in [0.15, 0.2) is 48.5 Å². The number of rotatable bonds is 12. The molecule has 0 fully saturated rings. The average Bonchev–Trinajstić information content (AvgIpc) is 2.64. The molecule has 0 bridgehead atoms. The molecule has 0 aliphatic carbocycles. The fourth-order valence-electron chi connectivity index (χ4n) is 3.12. The molecule has 3 nitrogen and oxygen atoms in total. The van der Waals surface area contributed by atoms with Gasteiger partial charge in [0, 0.05) is 0 Å². The Morgan fingerprint density at radius 2 is 1.62 bits per heavy atom. The third-order valence-electron chi connectivity index (χ3n) is 4.52. The molecule has 140 valence electrons.